The van der Waals surface area contributed by atoms with Gasteiger partial charge in [0.15, 0.2) is 0 Å². The lowest BCUT2D eigenvalue weighted by molar-refractivity contribution is -0.384. The van der Waals surface area contributed by atoms with E-state index in [0.29, 0.717) is 0 Å². The van der Waals surface area contributed by atoms with Crippen LogP contribution in [0.15, 0.2) is 48.5 Å². The molecule has 18 heavy (non-hydrogen) atoms. The van der Waals surface area contributed by atoms with Gasteiger partial charge in [0.2, 0.25) is 0 Å². The number of non-ortho nitro benzene ring substituents is 1. The first-order valence-electron chi connectivity index (χ1n) is 5.21. The molecule has 0 aliphatic rings. The predicted molar refractivity (Wildman–Crippen MR) is 73.0 cm³/mol. The Labute approximate surface area is 114 Å². The van der Waals surface area contributed by atoms with Crippen LogP contribution in [0.1, 0.15) is 10.4 Å². The Morgan fingerprint density at radius 3 is 2.17 bits per heavy atom. The largest absolute Gasteiger partial charge is 0.269 e. The summed E-state index contributed by atoms with van der Waals surface area (Å²) in [5.74, 6) is 0. The van der Waals surface area contributed by atoms with Crippen molar-refractivity contribution in [1.29, 1.82) is 0 Å². The van der Waals surface area contributed by atoms with Crippen LogP contribution in [0.4, 0.5) is 5.69 Å². The fourth-order valence-corrected chi connectivity index (χ4v) is 2.09. The number of nitro groups is 1. The molecule has 0 heterocycles. The zero-order chi connectivity index (χ0) is 13.1. The van der Waals surface area contributed by atoms with E-state index in [4.69, 9.17) is 23.2 Å². The van der Waals surface area contributed by atoms with E-state index in [0.717, 1.165) is 16.7 Å². The van der Waals surface area contributed by atoms with Gasteiger partial charge in [0.25, 0.3) is 5.69 Å². The molecule has 2 aromatic carbocycles. The van der Waals surface area contributed by atoms with Crippen LogP contribution in [0, 0.1) is 10.1 Å². The number of rotatable bonds is 3. The van der Waals surface area contributed by atoms with E-state index in [1.165, 1.54) is 12.1 Å². The van der Waals surface area contributed by atoms with Crippen LogP contribution in [0.5, 0.6) is 0 Å². The number of halogens is 2. The normalized spacial score (nSPS) is 10.6. The van der Waals surface area contributed by atoms with Gasteiger partial charge in [0.1, 0.15) is 4.84 Å². The predicted octanol–water partition coefficient (Wildman–Crippen LogP) is 4.74. The number of alkyl halides is 2. The molecule has 0 aliphatic heterocycles. The van der Waals surface area contributed by atoms with E-state index in [1.807, 2.05) is 24.3 Å². The van der Waals surface area contributed by atoms with Crippen molar-refractivity contribution >= 4 is 28.9 Å². The first-order valence-corrected chi connectivity index (χ1v) is 6.09. The molecule has 0 bridgehead atoms. The van der Waals surface area contributed by atoms with Crippen LogP contribution in [-0.2, 0) is 0 Å². The van der Waals surface area contributed by atoms with Crippen LogP contribution in [0.25, 0.3) is 11.1 Å². The summed E-state index contributed by atoms with van der Waals surface area (Å²) in [4.78, 5) is 9.53. The maximum absolute atomic E-state index is 10.6. The molecule has 5 heteroatoms. The average molecular weight is 282 g/mol. The third-order valence-electron chi connectivity index (χ3n) is 2.59. The molecular weight excluding hydrogens is 273 g/mol. The summed E-state index contributed by atoms with van der Waals surface area (Å²) >= 11 is 11.8. The molecule has 0 amide bonds. The van der Waals surface area contributed by atoms with Crippen molar-refractivity contribution in [3.05, 3.63) is 64.2 Å². The molecule has 0 unspecified atom stereocenters. The fourth-order valence-electron chi connectivity index (χ4n) is 1.71. The summed E-state index contributed by atoms with van der Waals surface area (Å²) < 4.78 is 0. The minimum atomic E-state index is -0.628. The molecule has 92 valence electrons. The summed E-state index contributed by atoms with van der Waals surface area (Å²) in [5, 5.41) is 10.6. The summed E-state index contributed by atoms with van der Waals surface area (Å²) in [6.45, 7) is 0. The number of hydrogen-bond donors (Lipinski definition) is 0. The highest BCUT2D eigenvalue weighted by molar-refractivity contribution is 6.44. The monoisotopic (exact) mass is 281 g/mol. The second-order valence-electron chi connectivity index (χ2n) is 3.69. The highest BCUT2D eigenvalue weighted by atomic mass is 35.5. The van der Waals surface area contributed by atoms with Crippen LogP contribution in [0.2, 0.25) is 0 Å². The summed E-state index contributed by atoms with van der Waals surface area (Å²) in [6, 6.07) is 13.7. The minimum absolute atomic E-state index is 0.0597. The number of nitro benzene ring substituents is 1. The SMILES string of the molecule is O=[N+]([O-])c1ccc(-c2ccccc2C(Cl)Cl)cc1. The Morgan fingerprint density at radius 1 is 1.00 bits per heavy atom. The number of hydrogen-bond acceptors (Lipinski definition) is 2. The smallest absolute Gasteiger partial charge is 0.258 e. The molecule has 0 saturated carbocycles. The van der Waals surface area contributed by atoms with Crippen molar-refractivity contribution in [3.8, 4) is 11.1 Å². The molecule has 2 aromatic rings. The van der Waals surface area contributed by atoms with Crippen molar-refractivity contribution < 1.29 is 4.92 Å². The van der Waals surface area contributed by atoms with Gasteiger partial charge < -0.3 is 0 Å². The van der Waals surface area contributed by atoms with Gasteiger partial charge in [-0.15, -0.1) is 23.2 Å². The number of nitrogens with zero attached hydrogens (tertiary/aromatic N) is 1. The third-order valence-corrected chi connectivity index (χ3v) is 3.06. The maximum Gasteiger partial charge on any atom is 0.269 e. The van der Waals surface area contributed by atoms with Crippen molar-refractivity contribution in [2.24, 2.45) is 0 Å². The van der Waals surface area contributed by atoms with E-state index in [2.05, 4.69) is 0 Å². The van der Waals surface area contributed by atoms with Gasteiger partial charge in [0, 0.05) is 12.1 Å². The Bertz CT molecular complexity index is 567. The average Bonchev–Trinajstić information content (AvgIpc) is 2.39. The van der Waals surface area contributed by atoms with E-state index in [1.54, 1.807) is 12.1 Å². The summed E-state index contributed by atoms with van der Waals surface area (Å²) in [5.41, 5.74) is 2.57. The van der Waals surface area contributed by atoms with Gasteiger partial charge in [-0.05, 0) is 28.8 Å². The van der Waals surface area contributed by atoms with Gasteiger partial charge in [-0.2, -0.15) is 0 Å². The zero-order valence-electron chi connectivity index (χ0n) is 9.22. The molecule has 3 nitrogen and oxygen atoms in total. The fraction of sp³-hybridized carbons (Fsp3) is 0.0769. The third kappa shape index (κ3) is 2.63. The van der Waals surface area contributed by atoms with Gasteiger partial charge in [0.05, 0.1) is 4.92 Å². The van der Waals surface area contributed by atoms with Gasteiger partial charge in [-0.1, -0.05) is 24.3 Å². The van der Waals surface area contributed by atoms with Crippen molar-refractivity contribution in [1.82, 2.24) is 0 Å². The molecule has 0 N–H and O–H groups in total. The van der Waals surface area contributed by atoms with E-state index in [9.17, 15) is 10.1 Å². The Morgan fingerprint density at radius 2 is 1.61 bits per heavy atom. The lowest BCUT2D eigenvalue weighted by Gasteiger charge is -2.09. The van der Waals surface area contributed by atoms with Crippen LogP contribution >= 0.6 is 23.2 Å². The molecule has 0 aromatic heterocycles. The molecule has 2 rings (SSSR count). The Hall–Kier alpha value is -1.58. The Kier molecular flexibility index (Phi) is 3.84. The van der Waals surface area contributed by atoms with Crippen LogP contribution < -0.4 is 0 Å². The molecule has 0 radical (unpaired) electrons. The lowest BCUT2D eigenvalue weighted by atomic mass is 10.0. The highest BCUT2D eigenvalue weighted by Crippen LogP contribution is 2.34. The summed E-state index contributed by atoms with van der Waals surface area (Å²) in [7, 11) is 0. The first-order chi connectivity index (χ1) is 8.59. The lowest BCUT2D eigenvalue weighted by Crippen LogP contribution is -1.90. The highest BCUT2D eigenvalue weighted by Gasteiger charge is 2.12. The minimum Gasteiger partial charge on any atom is -0.258 e. The molecular formula is C13H9Cl2NO2. The molecule has 0 fully saturated rings. The summed E-state index contributed by atoms with van der Waals surface area (Å²) in [6.07, 6.45) is 0. The van der Waals surface area contributed by atoms with Crippen molar-refractivity contribution in [3.63, 3.8) is 0 Å². The maximum atomic E-state index is 10.6. The number of benzene rings is 2. The van der Waals surface area contributed by atoms with Gasteiger partial charge in [-0.3, -0.25) is 10.1 Å². The molecule has 0 saturated heterocycles. The molecule has 0 atom stereocenters. The Balaban J connectivity index is 2.46. The second-order valence-corrected chi connectivity index (χ2v) is 4.79. The van der Waals surface area contributed by atoms with Gasteiger partial charge >= 0.3 is 0 Å². The van der Waals surface area contributed by atoms with E-state index in [-0.39, 0.29) is 5.69 Å². The quantitative estimate of drug-likeness (QED) is 0.463. The van der Waals surface area contributed by atoms with Crippen molar-refractivity contribution in [2.75, 3.05) is 0 Å². The second kappa shape index (κ2) is 5.38. The molecule has 0 spiro atoms. The standard InChI is InChI=1S/C13H9Cl2NO2/c14-13(15)12-4-2-1-3-11(12)9-5-7-10(8-6-9)16(17)18/h1-8,13H. The first kappa shape index (κ1) is 12.9. The van der Waals surface area contributed by atoms with E-state index >= 15 is 0 Å². The van der Waals surface area contributed by atoms with Gasteiger partial charge in [-0.25, -0.2) is 0 Å². The van der Waals surface area contributed by atoms with Crippen LogP contribution in [-0.4, -0.2) is 4.92 Å². The molecule has 0 aliphatic carbocycles. The zero-order valence-corrected chi connectivity index (χ0v) is 10.7. The van der Waals surface area contributed by atoms with Crippen molar-refractivity contribution in [2.45, 2.75) is 4.84 Å². The topological polar surface area (TPSA) is 43.1 Å². The van der Waals surface area contributed by atoms with Crippen LogP contribution in [0.3, 0.4) is 0 Å². The van der Waals surface area contributed by atoms with E-state index < -0.39 is 9.76 Å².